The summed E-state index contributed by atoms with van der Waals surface area (Å²) in [6.45, 7) is 20.4. The number of aryl methyl sites for hydroxylation is 3. The lowest BCUT2D eigenvalue weighted by Gasteiger charge is -2.14. The van der Waals surface area contributed by atoms with Crippen LogP contribution in [0.2, 0.25) is 0 Å². The van der Waals surface area contributed by atoms with Crippen LogP contribution in [0, 0.1) is 25.6 Å². The lowest BCUT2D eigenvalue weighted by atomic mass is 9.99. The Morgan fingerprint density at radius 2 is 1.66 bits per heavy atom. The topological polar surface area (TPSA) is 38.3 Å². The zero-order chi connectivity index (χ0) is 31.0. The summed E-state index contributed by atoms with van der Waals surface area (Å²) in [5, 5.41) is 3.42. The van der Waals surface area contributed by atoms with Crippen molar-refractivity contribution in [2.45, 2.75) is 139 Å². The lowest BCUT2D eigenvalue weighted by Crippen LogP contribution is -2.18. The second kappa shape index (κ2) is 24.4. The van der Waals surface area contributed by atoms with Gasteiger partial charge in [0.15, 0.2) is 5.78 Å². The van der Waals surface area contributed by atoms with Crippen LogP contribution in [-0.2, 0) is 11.2 Å². The van der Waals surface area contributed by atoms with Gasteiger partial charge >= 0.3 is 0 Å². The fourth-order valence-electron chi connectivity index (χ4n) is 4.46. The minimum atomic E-state index is -0.116. The van der Waals surface area contributed by atoms with Crippen LogP contribution >= 0.6 is 0 Å². The van der Waals surface area contributed by atoms with Crippen molar-refractivity contribution in [1.29, 1.82) is 0 Å². The van der Waals surface area contributed by atoms with E-state index in [0.717, 1.165) is 67.1 Å². The van der Waals surface area contributed by atoms with Crippen LogP contribution in [0.1, 0.15) is 140 Å². The quantitative estimate of drug-likeness (QED) is 0.203. The molecule has 0 radical (unpaired) electrons. The van der Waals surface area contributed by atoms with Gasteiger partial charge < -0.3 is 10.1 Å². The molecule has 41 heavy (non-hydrogen) atoms. The van der Waals surface area contributed by atoms with Gasteiger partial charge in [0.2, 0.25) is 0 Å². The molecule has 234 valence electrons. The second-order valence-electron chi connectivity index (χ2n) is 11.5. The van der Waals surface area contributed by atoms with E-state index in [-0.39, 0.29) is 11.6 Å². The molecule has 1 N–H and O–H groups in total. The Bertz CT molecular complexity index is 933. The highest BCUT2D eigenvalue weighted by molar-refractivity contribution is 5.96. The number of carbonyl (C=O) groups excluding carboxylic acids is 1. The van der Waals surface area contributed by atoms with Crippen LogP contribution in [0.3, 0.4) is 0 Å². The Balaban J connectivity index is 0.000000604. The Morgan fingerprint density at radius 1 is 0.976 bits per heavy atom. The van der Waals surface area contributed by atoms with Crippen LogP contribution in [0.5, 0.6) is 0 Å². The molecule has 0 aromatic heterocycles. The summed E-state index contributed by atoms with van der Waals surface area (Å²) in [4.78, 5) is 11.6. The van der Waals surface area contributed by atoms with Gasteiger partial charge in [0.05, 0.1) is 6.10 Å². The summed E-state index contributed by atoms with van der Waals surface area (Å²) < 4.78 is 18.2. The van der Waals surface area contributed by atoms with Gasteiger partial charge in [-0.05, 0) is 86.9 Å². The molecule has 1 saturated heterocycles. The van der Waals surface area contributed by atoms with E-state index in [1.165, 1.54) is 51.0 Å². The van der Waals surface area contributed by atoms with E-state index in [2.05, 4.69) is 52.9 Å². The molecule has 1 fully saturated rings. The number of Topliss-reactive ketones (excluding diaryl/α,β-unsaturated/α-hetero) is 1. The summed E-state index contributed by atoms with van der Waals surface area (Å²) in [7, 11) is 0. The Hall–Kier alpha value is -2.20. The number of nitrogens with one attached hydrogen (secondary N) is 1. The molecule has 2 atom stereocenters. The van der Waals surface area contributed by atoms with Crippen molar-refractivity contribution in [2.24, 2.45) is 5.92 Å². The first-order valence-corrected chi connectivity index (χ1v) is 16.3. The fraction of sp³-hybridized carbons (Fsp3) is 0.649. The van der Waals surface area contributed by atoms with Gasteiger partial charge in [-0.2, -0.15) is 0 Å². The number of benzene rings is 2. The monoisotopic (exact) mass is 571 g/mol. The minimum Gasteiger partial charge on any atom is -0.382 e. The van der Waals surface area contributed by atoms with Crippen LogP contribution in [0.15, 0.2) is 36.4 Å². The predicted molar refractivity (Wildman–Crippen MR) is 178 cm³/mol. The first-order valence-electron chi connectivity index (χ1n) is 16.3. The summed E-state index contributed by atoms with van der Waals surface area (Å²) in [5.41, 5.74) is 4.76. The van der Waals surface area contributed by atoms with Crippen molar-refractivity contribution in [3.63, 3.8) is 0 Å². The Kier molecular flexibility index (Phi) is 23.1. The number of anilines is 1. The van der Waals surface area contributed by atoms with Crippen LogP contribution in [0.4, 0.5) is 10.1 Å². The fourth-order valence-corrected chi connectivity index (χ4v) is 4.46. The molecule has 0 spiro atoms. The van der Waals surface area contributed by atoms with Gasteiger partial charge in [-0.15, -0.1) is 0 Å². The second-order valence-corrected chi connectivity index (χ2v) is 11.5. The maximum Gasteiger partial charge on any atom is 0.160 e. The molecule has 0 aliphatic carbocycles. The molecule has 1 aliphatic heterocycles. The van der Waals surface area contributed by atoms with Gasteiger partial charge in [0.25, 0.3) is 0 Å². The van der Waals surface area contributed by atoms with E-state index in [0.29, 0.717) is 11.7 Å². The summed E-state index contributed by atoms with van der Waals surface area (Å²) in [6, 6.07) is 11.3. The summed E-state index contributed by atoms with van der Waals surface area (Å²) in [6.07, 6.45) is 14.3. The number of carbonyl (C=O) groups is 1. The lowest BCUT2D eigenvalue weighted by molar-refractivity contribution is 0.101. The number of halogens is 1. The normalized spacial score (nSPS) is 14.4. The zero-order valence-electron chi connectivity index (χ0n) is 28.0. The molecule has 0 bridgehead atoms. The first kappa shape index (κ1) is 38.8. The molecule has 1 aliphatic rings. The van der Waals surface area contributed by atoms with Crippen molar-refractivity contribution in [1.82, 2.24) is 0 Å². The van der Waals surface area contributed by atoms with Crippen molar-refractivity contribution < 1.29 is 13.9 Å². The van der Waals surface area contributed by atoms with E-state index < -0.39 is 0 Å². The van der Waals surface area contributed by atoms with E-state index >= 15 is 0 Å². The third-order valence-corrected chi connectivity index (χ3v) is 7.32. The average Bonchev–Trinajstić information content (AvgIpc) is 3.48. The largest absolute Gasteiger partial charge is 0.382 e. The van der Waals surface area contributed by atoms with Crippen LogP contribution in [0.25, 0.3) is 0 Å². The van der Waals surface area contributed by atoms with E-state index in [4.69, 9.17) is 4.74 Å². The van der Waals surface area contributed by atoms with Crippen molar-refractivity contribution >= 4 is 11.5 Å². The highest BCUT2D eigenvalue weighted by atomic mass is 19.1. The number of ether oxygens (including phenoxy) is 1. The average molecular weight is 572 g/mol. The number of ketones is 1. The highest BCUT2D eigenvalue weighted by Crippen LogP contribution is 2.20. The maximum absolute atomic E-state index is 12.6. The summed E-state index contributed by atoms with van der Waals surface area (Å²) >= 11 is 0. The third-order valence-electron chi connectivity index (χ3n) is 7.32. The molecular formula is C37H62FNO2. The first-order chi connectivity index (χ1) is 19.6. The molecule has 3 rings (SSSR count). The third kappa shape index (κ3) is 18.8. The molecule has 0 saturated carbocycles. The van der Waals surface area contributed by atoms with E-state index in [9.17, 15) is 9.18 Å². The Morgan fingerprint density at radius 3 is 2.10 bits per heavy atom. The van der Waals surface area contributed by atoms with Crippen molar-refractivity contribution in [3.8, 4) is 0 Å². The van der Waals surface area contributed by atoms with Gasteiger partial charge in [-0.1, -0.05) is 105 Å². The van der Waals surface area contributed by atoms with Gasteiger partial charge in [0, 0.05) is 24.4 Å². The molecule has 2 unspecified atom stereocenters. The van der Waals surface area contributed by atoms with Gasteiger partial charge in [0.1, 0.15) is 5.82 Å². The molecule has 0 amide bonds. The molecule has 3 nitrogen and oxygen atoms in total. The predicted octanol–water partition coefficient (Wildman–Crippen LogP) is 11.3. The molecule has 1 heterocycles. The smallest absolute Gasteiger partial charge is 0.160 e. The number of unbranched alkanes of at least 4 members (excludes halogenated alkanes) is 3. The maximum atomic E-state index is 12.6. The summed E-state index contributed by atoms with van der Waals surface area (Å²) in [5.74, 6) is 0.981. The number of hydrogen-bond donors (Lipinski definition) is 1. The molecular weight excluding hydrogens is 509 g/mol. The van der Waals surface area contributed by atoms with Gasteiger partial charge in [-0.3, -0.25) is 4.79 Å². The zero-order valence-corrected chi connectivity index (χ0v) is 28.0. The van der Waals surface area contributed by atoms with Crippen LogP contribution in [-0.4, -0.2) is 25.0 Å². The number of rotatable bonds is 12. The Labute approximate surface area is 253 Å². The highest BCUT2D eigenvalue weighted by Gasteiger charge is 2.15. The molecule has 4 heteroatoms. The van der Waals surface area contributed by atoms with Gasteiger partial charge in [-0.25, -0.2) is 4.39 Å². The number of hydrogen-bond acceptors (Lipinski definition) is 3. The van der Waals surface area contributed by atoms with E-state index in [1.807, 2.05) is 25.1 Å². The standard InChI is InChI=1S/C16H23NO2.C8H9F.C7H16.C6H14/c1-3-5-13-10-14(7-8-16(13)12(2)18)17-11-15-6-4-9-19-15;1-6-3-4-7(2)8(9)5-6;1-4-6-7(3)5-2;1-3-5-6-4-2/h7-8,10,15,17H,3-6,9,11H2,1-2H3;3-5H,1-2H3;7H,4-6H2,1-3H3;3-6H2,1-2H3. The molecule has 2 aromatic carbocycles. The SMILES string of the molecule is CCCC(C)CC.CCCCCC.CCCc1cc(NCC2CCCO2)ccc1C(C)=O.Cc1ccc(C)c(F)c1. The van der Waals surface area contributed by atoms with Crippen LogP contribution < -0.4 is 5.32 Å². The molecule has 2 aromatic rings. The van der Waals surface area contributed by atoms with Crippen molar-refractivity contribution in [3.05, 3.63) is 64.5 Å². The van der Waals surface area contributed by atoms with E-state index in [1.54, 1.807) is 19.9 Å². The van der Waals surface area contributed by atoms with Crippen molar-refractivity contribution in [2.75, 3.05) is 18.5 Å². The minimum absolute atomic E-state index is 0.116.